The van der Waals surface area contributed by atoms with Crippen molar-refractivity contribution in [1.82, 2.24) is 10.6 Å². The van der Waals surface area contributed by atoms with E-state index >= 15 is 0 Å². The van der Waals surface area contributed by atoms with E-state index in [2.05, 4.69) is 10.6 Å². The van der Waals surface area contributed by atoms with Crippen LogP contribution in [-0.2, 0) is 4.74 Å². The van der Waals surface area contributed by atoms with E-state index in [1.54, 1.807) is 31.0 Å². The van der Waals surface area contributed by atoms with Crippen molar-refractivity contribution >= 4 is 41.7 Å². The van der Waals surface area contributed by atoms with Crippen molar-refractivity contribution < 1.29 is 9.53 Å². The smallest absolute Gasteiger partial charge is 0.252 e. The summed E-state index contributed by atoms with van der Waals surface area (Å²) < 4.78 is 4.91. The summed E-state index contributed by atoms with van der Waals surface area (Å²) in [5.74, 6) is -0.144. The van der Waals surface area contributed by atoms with Crippen LogP contribution in [0.5, 0.6) is 0 Å². The first-order valence-corrected chi connectivity index (χ1v) is 7.60. The Labute approximate surface area is 135 Å². The molecule has 0 fully saturated rings. The second-order valence-electron chi connectivity index (χ2n) is 3.84. The van der Waals surface area contributed by atoms with Crippen molar-refractivity contribution in [2.45, 2.75) is 4.90 Å². The average Bonchev–Trinajstić information content (AvgIpc) is 2.43. The molecular formula is C13H20Cl2N2O2S. The summed E-state index contributed by atoms with van der Waals surface area (Å²) in [5, 5.41) is 6.46. The number of carbonyl (C=O) groups excluding carboxylic acids is 1. The molecule has 0 heterocycles. The minimum Gasteiger partial charge on any atom is -0.383 e. The fourth-order valence-corrected chi connectivity index (χ4v) is 2.11. The molecule has 20 heavy (non-hydrogen) atoms. The van der Waals surface area contributed by atoms with E-state index < -0.39 is 0 Å². The maximum atomic E-state index is 12.0. The Bertz CT molecular complexity index is 419. The van der Waals surface area contributed by atoms with Crippen LogP contribution in [0, 0.1) is 0 Å². The number of ether oxygens (including phenoxy) is 1. The summed E-state index contributed by atoms with van der Waals surface area (Å²) in [4.78, 5) is 13.0. The third-order valence-electron chi connectivity index (χ3n) is 2.49. The van der Waals surface area contributed by atoms with Crippen LogP contribution in [0.4, 0.5) is 0 Å². The van der Waals surface area contributed by atoms with Gasteiger partial charge in [-0.05, 0) is 24.5 Å². The van der Waals surface area contributed by atoms with Gasteiger partial charge in [-0.25, -0.2) is 0 Å². The molecule has 1 amide bonds. The number of amides is 1. The standard InChI is InChI=1S/C13H19ClN2O2S.ClH/c1-18-8-7-15-5-6-16-13(17)11-9-10(19-2)3-4-12(11)14;/h3-4,9,15H,5-8H2,1-2H3,(H,16,17);1H. The van der Waals surface area contributed by atoms with Crippen LogP contribution in [0.15, 0.2) is 23.1 Å². The molecule has 7 heteroatoms. The van der Waals surface area contributed by atoms with Gasteiger partial charge < -0.3 is 15.4 Å². The number of thioether (sulfide) groups is 1. The Hall–Kier alpha value is -0.460. The molecule has 0 aliphatic carbocycles. The molecule has 0 radical (unpaired) electrons. The number of halogens is 2. The minimum atomic E-state index is -0.144. The first-order chi connectivity index (χ1) is 9.19. The van der Waals surface area contributed by atoms with E-state index in [0.29, 0.717) is 30.3 Å². The maximum Gasteiger partial charge on any atom is 0.252 e. The van der Waals surface area contributed by atoms with Crippen molar-refractivity contribution in [3.8, 4) is 0 Å². The molecule has 0 aliphatic rings. The highest BCUT2D eigenvalue weighted by Gasteiger charge is 2.10. The molecule has 0 bridgehead atoms. The lowest BCUT2D eigenvalue weighted by atomic mass is 10.2. The van der Waals surface area contributed by atoms with Crippen molar-refractivity contribution in [3.05, 3.63) is 28.8 Å². The summed E-state index contributed by atoms with van der Waals surface area (Å²) in [6, 6.07) is 5.45. The van der Waals surface area contributed by atoms with Crippen LogP contribution in [0.1, 0.15) is 10.4 Å². The summed E-state index contributed by atoms with van der Waals surface area (Å²) in [6.45, 7) is 2.70. The van der Waals surface area contributed by atoms with Gasteiger partial charge in [-0.15, -0.1) is 24.2 Å². The van der Waals surface area contributed by atoms with Gasteiger partial charge in [-0.1, -0.05) is 11.6 Å². The van der Waals surface area contributed by atoms with Gasteiger partial charge in [0.15, 0.2) is 0 Å². The molecule has 0 saturated carbocycles. The third kappa shape index (κ3) is 6.81. The van der Waals surface area contributed by atoms with E-state index in [1.807, 2.05) is 12.3 Å². The molecule has 0 spiro atoms. The van der Waals surface area contributed by atoms with Gasteiger partial charge in [0.05, 0.1) is 17.2 Å². The molecule has 0 aromatic heterocycles. The Morgan fingerprint density at radius 2 is 2.10 bits per heavy atom. The zero-order valence-corrected chi connectivity index (χ0v) is 14.0. The zero-order chi connectivity index (χ0) is 14.1. The Morgan fingerprint density at radius 1 is 1.35 bits per heavy atom. The molecule has 4 nitrogen and oxygen atoms in total. The molecule has 0 unspecified atom stereocenters. The average molecular weight is 339 g/mol. The SMILES string of the molecule is COCCNCCNC(=O)c1cc(SC)ccc1Cl.Cl. The van der Waals surface area contributed by atoms with E-state index in [0.717, 1.165) is 11.4 Å². The van der Waals surface area contributed by atoms with Crippen molar-refractivity contribution in [2.75, 3.05) is 39.6 Å². The Kier molecular flexibility index (Phi) is 11.0. The maximum absolute atomic E-state index is 12.0. The van der Waals surface area contributed by atoms with E-state index in [9.17, 15) is 4.79 Å². The van der Waals surface area contributed by atoms with Crippen LogP contribution >= 0.6 is 35.8 Å². The highest BCUT2D eigenvalue weighted by Crippen LogP contribution is 2.22. The first kappa shape index (κ1) is 19.5. The normalized spacial score (nSPS) is 9.95. The van der Waals surface area contributed by atoms with Gasteiger partial charge >= 0.3 is 0 Å². The Morgan fingerprint density at radius 3 is 2.75 bits per heavy atom. The molecule has 114 valence electrons. The van der Waals surface area contributed by atoms with E-state index in [-0.39, 0.29) is 18.3 Å². The molecule has 1 aromatic rings. The van der Waals surface area contributed by atoms with Crippen molar-refractivity contribution in [2.24, 2.45) is 0 Å². The van der Waals surface area contributed by atoms with E-state index in [1.165, 1.54) is 0 Å². The van der Waals surface area contributed by atoms with Gasteiger partial charge in [-0.2, -0.15) is 0 Å². The van der Waals surface area contributed by atoms with Gasteiger partial charge in [0.25, 0.3) is 5.91 Å². The lowest BCUT2D eigenvalue weighted by Crippen LogP contribution is -2.33. The van der Waals surface area contributed by atoms with Crippen LogP contribution in [0.3, 0.4) is 0 Å². The van der Waals surface area contributed by atoms with E-state index in [4.69, 9.17) is 16.3 Å². The van der Waals surface area contributed by atoms with Crippen LogP contribution in [-0.4, -0.2) is 45.5 Å². The predicted molar refractivity (Wildman–Crippen MR) is 87.6 cm³/mol. The summed E-state index contributed by atoms with van der Waals surface area (Å²) in [7, 11) is 1.66. The van der Waals surface area contributed by atoms with Crippen molar-refractivity contribution in [1.29, 1.82) is 0 Å². The van der Waals surface area contributed by atoms with Gasteiger partial charge in [0.1, 0.15) is 0 Å². The first-order valence-electron chi connectivity index (χ1n) is 6.00. The number of methoxy groups -OCH3 is 1. The number of rotatable bonds is 8. The molecule has 2 N–H and O–H groups in total. The summed E-state index contributed by atoms with van der Waals surface area (Å²) in [5.41, 5.74) is 0.519. The molecule has 0 saturated heterocycles. The second kappa shape index (κ2) is 11.2. The second-order valence-corrected chi connectivity index (χ2v) is 5.13. The number of carbonyl (C=O) groups is 1. The number of nitrogens with one attached hydrogen (secondary N) is 2. The minimum absolute atomic E-state index is 0. The molecule has 1 aromatic carbocycles. The summed E-state index contributed by atoms with van der Waals surface area (Å²) in [6.07, 6.45) is 1.96. The highest BCUT2D eigenvalue weighted by atomic mass is 35.5. The fourth-order valence-electron chi connectivity index (χ4n) is 1.46. The molecule has 0 atom stereocenters. The number of hydrogen-bond donors (Lipinski definition) is 2. The topological polar surface area (TPSA) is 50.4 Å². The summed E-state index contributed by atoms with van der Waals surface area (Å²) >= 11 is 7.61. The van der Waals surface area contributed by atoms with Gasteiger partial charge in [-0.3, -0.25) is 4.79 Å². The van der Waals surface area contributed by atoms with Gasteiger partial charge in [0, 0.05) is 31.6 Å². The molecule has 0 aliphatic heterocycles. The number of hydrogen-bond acceptors (Lipinski definition) is 4. The lowest BCUT2D eigenvalue weighted by molar-refractivity contribution is 0.0953. The Balaban J connectivity index is 0.00000361. The zero-order valence-electron chi connectivity index (χ0n) is 11.6. The predicted octanol–water partition coefficient (Wildman–Crippen LogP) is 2.45. The van der Waals surface area contributed by atoms with Gasteiger partial charge in [0.2, 0.25) is 0 Å². The third-order valence-corrected chi connectivity index (χ3v) is 3.54. The molecule has 1 rings (SSSR count). The quantitative estimate of drug-likeness (QED) is 0.564. The largest absolute Gasteiger partial charge is 0.383 e. The molecular weight excluding hydrogens is 319 g/mol. The lowest BCUT2D eigenvalue weighted by Gasteiger charge is -2.08. The van der Waals surface area contributed by atoms with Crippen LogP contribution < -0.4 is 10.6 Å². The van der Waals surface area contributed by atoms with Crippen LogP contribution in [0.25, 0.3) is 0 Å². The highest BCUT2D eigenvalue weighted by molar-refractivity contribution is 7.98. The van der Waals surface area contributed by atoms with Crippen LogP contribution in [0.2, 0.25) is 5.02 Å². The van der Waals surface area contributed by atoms with Crippen molar-refractivity contribution in [3.63, 3.8) is 0 Å². The fraction of sp³-hybridized carbons (Fsp3) is 0.462. The number of benzene rings is 1. The monoisotopic (exact) mass is 338 g/mol.